The van der Waals surface area contributed by atoms with Crippen molar-refractivity contribution in [2.45, 2.75) is 143 Å². The highest BCUT2D eigenvalue weighted by Gasteiger charge is 2.44. The van der Waals surface area contributed by atoms with Crippen molar-refractivity contribution in [2.24, 2.45) is 29.6 Å². The molecule has 4 N–H and O–H groups in total. The molecule has 0 saturated carbocycles. The zero-order chi connectivity index (χ0) is 45.6. The largest absolute Gasteiger partial charge is 0.480 e. The van der Waals surface area contributed by atoms with Crippen LogP contribution in [0.15, 0.2) is 30.3 Å². The lowest BCUT2D eigenvalue weighted by Crippen LogP contribution is -2.61. The summed E-state index contributed by atoms with van der Waals surface area (Å²) in [5, 5.41) is 18.6. The first-order chi connectivity index (χ1) is 28.2. The smallest absolute Gasteiger partial charge is 0.326 e. The summed E-state index contributed by atoms with van der Waals surface area (Å²) in [6, 6.07) is 4.68. The van der Waals surface area contributed by atoms with Gasteiger partial charge in [0.05, 0.1) is 42.7 Å². The van der Waals surface area contributed by atoms with Gasteiger partial charge in [-0.25, -0.2) is 4.79 Å². The highest BCUT2D eigenvalue weighted by atomic mass is 16.5. The van der Waals surface area contributed by atoms with E-state index in [1.165, 1.54) is 19.1 Å². The van der Waals surface area contributed by atoms with Crippen molar-refractivity contribution in [3.8, 4) is 0 Å². The quantitative estimate of drug-likeness (QED) is 0.120. The lowest BCUT2D eigenvalue weighted by molar-refractivity contribution is -0.149. The maximum Gasteiger partial charge on any atom is 0.326 e. The number of carboxylic acid groups (broad SMARTS) is 1. The third-order valence-corrected chi connectivity index (χ3v) is 12.3. The molecular weight excluding hydrogens is 769 g/mol. The minimum Gasteiger partial charge on any atom is -0.480 e. The molecular formula is C45H76N6O9. The number of aliphatic carboxylic acids is 1. The zero-order valence-electron chi connectivity index (χ0n) is 38.7. The fourth-order valence-electron chi connectivity index (χ4n) is 8.66. The molecule has 1 aliphatic heterocycles. The molecule has 60 heavy (non-hydrogen) atoms. The third-order valence-electron chi connectivity index (χ3n) is 12.3. The Morgan fingerprint density at radius 3 is 1.88 bits per heavy atom. The Morgan fingerprint density at radius 1 is 0.817 bits per heavy atom. The van der Waals surface area contributed by atoms with Gasteiger partial charge in [0.2, 0.25) is 29.5 Å². The monoisotopic (exact) mass is 845 g/mol. The van der Waals surface area contributed by atoms with Crippen LogP contribution in [0.25, 0.3) is 0 Å². The van der Waals surface area contributed by atoms with Crippen LogP contribution in [0, 0.1) is 29.6 Å². The summed E-state index contributed by atoms with van der Waals surface area (Å²) in [6.07, 6.45) is 0.562. The number of nitrogens with one attached hydrogen (secondary N) is 3. The molecule has 1 heterocycles. The van der Waals surface area contributed by atoms with Gasteiger partial charge in [0.1, 0.15) is 18.1 Å². The van der Waals surface area contributed by atoms with Gasteiger partial charge in [-0.1, -0.05) is 99.1 Å². The minimum absolute atomic E-state index is 0.00526. The van der Waals surface area contributed by atoms with E-state index in [1.54, 1.807) is 50.0 Å². The Labute approximate surface area is 359 Å². The van der Waals surface area contributed by atoms with Crippen molar-refractivity contribution >= 4 is 35.5 Å². The Hall–Kier alpha value is -4.08. The van der Waals surface area contributed by atoms with Crippen molar-refractivity contribution in [1.29, 1.82) is 0 Å². The maximum atomic E-state index is 14.5. The first-order valence-electron chi connectivity index (χ1n) is 21.6. The Morgan fingerprint density at radius 2 is 1.40 bits per heavy atom. The number of carboxylic acids is 1. The van der Waals surface area contributed by atoms with Gasteiger partial charge in [0, 0.05) is 41.3 Å². The molecule has 0 unspecified atom stereocenters. The van der Waals surface area contributed by atoms with E-state index < -0.39 is 72.2 Å². The number of hydrogen-bond donors (Lipinski definition) is 4. The molecule has 1 aromatic carbocycles. The Balaban J connectivity index is 2.32. The van der Waals surface area contributed by atoms with Crippen molar-refractivity contribution in [3.05, 3.63) is 35.9 Å². The molecule has 1 aromatic rings. The number of carbonyl (C=O) groups is 6. The van der Waals surface area contributed by atoms with Crippen LogP contribution in [0.4, 0.5) is 0 Å². The lowest BCUT2D eigenvalue weighted by atomic mass is 9.89. The van der Waals surface area contributed by atoms with Gasteiger partial charge in [0.15, 0.2) is 0 Å². The molecule has 5 amide bonds. The number of benzene rings is 1. The van der Waals surface area contributed by atoms with Gasteiger partial charge in [-0.05, 0) is 49.1 Å². The Kier molecular flexibility index (Phi) is 21.2. The summed E-state index contributed by atoms with van der Waals surface area (Å²) >= 11 is 0. The summed E-state index contributed by atoms with van der Waals surface area (Å²) in [5.74, 6) is -4.28. The van der Waals surface area contributed by atoms with Crippen LogP contribution in [0.2, 0.25) is 0 Å². The molecule has 0 aromatic heterocycles. The van der Waals surface area contributed by atoms with Crippen molar-refractivity contribution < 1.29 is 43.3 Å². The van der Waals surface area contributed by atoms with Gasteiger partial charge in [-0.3, -0.25) is 24.0 Å². The molecule has 1 aliphatic rings. The lowest BCUT2D eigenvalue weighted by Gasteiger charge is -2.41. The number of amides is 5. The number of ether oxygens (including phenoxy) is 2. The molecule has 0 aliphatic carbocycles. The molecule has 340 valence electrons. The van der Waals surface area contributed by atoms with Gasteiger partial charge >= 0.3 is 5.97 Å². The van der Waals surface area contributed by atoms with Crippen LogP contribution in [-0.4, -0.2) is 146 Å². The second kappa shape index (κ2) is 24.4. The fourth-order valence-corrected chi connectivity index (χ4v) is 8.66. The van der Waals surface area contributed by atoms with E-state index in [9.17, 15) is 33.9 Å². The Bertz CT molecular complexity index is 1560. The summed E-state index contributed by atoms with van der Waals surface area (Å²) in [5.41, 5.74) is 0.773. The van der Waals surface area contributed by atoms with Crippen LogP contribution in [0.5, 0.6) is 0 Å². The molecule has 10 atom stereocenters. The second-order valence-electron chi connectivity index (χ2n) is 17.6. The minimum atomic E-state index is -1.15. The van der Waals surface area contributed by atoms with Gasteiger partial charge < -0.3 is 45.2 Å². The van der Waals surface area contributed by atoms with Gasteiger partial charge in [0.25, 0.3) is 0 Å². The fraction of sp³-hybridized carbons (Fsp3) is 0.733. The van der Waals surface area contributed by atoms with Gasteiger partial charge in [-0.15, -0.1) is 0 Å². The number of carbonyl (C=O) groups excluding carboxylic acids is 5. The van der Waals surface area contributed by atoms with Gasteiger partial charge in [-0.2, -0.15) is 0 Å². The molecule has 15 heteroatoms. The third kappa shape index (κ3) is 13.5. The van der Waals surface area contributed by atoms with Crippen LogP contribution < -0.4 is 16.0 Å². The normalized spacial score (nSPS) is 18.8. The first-order valence-corrected chi connectivity index (χ1v) is 21.6. The number of methoxy groups -OCH3 is 2. The van der Waals surface area contributed by atoms with E-state index >= 15 is 0 Å². The molecule has 2 rings (SSSR count). The average molecular weight is 845 g/mol. The number of hydrogen-bond acceptors (Lipinski definition) is 9. The SMILES string of the molecule is CC[C@H](C)[C@@H]([C@@H](CC(=O)N1CCC[C@H]1[C@H](OC)[C@@H](C)C(=O)N[C@@H](Cc1ccccc1)C(=O)O)OC)N(C)C(=O)[C@@H](NC(=O)[C@H](C(C)C)N(C)C(=O)[C@@H](NC)C(C)C)C(C)C. The van der Waals surface area contributed by atoms with E-state index in [0.29, 0.717) is 25.8 Å². The highest BCUT2D eigenvalue weighted by Crippen LogP contribution is 2.30. The van der Waals surface area contributed by atoms with E-state index in [-0.39, 0.29) is 54.2 Å². The van der Waals surface area contributed by atoms with Crippen molar-refractivity contribution in [2.75, 3.05) is 41.9 Å². The standard InChI is InChI=1S/C45H76N6O9/c1-15-29(8)39(50(12)44(56)37(27(4)5)48-42(54)38(28(6)7)49(11)43(55)36(46-10)26(2)3)34(59-13)25-35(52)51-23-19-22-33(51)40(60-14)30(9)41(53)47-32(45(57)58)24-31-20-17-16-18-21-31/h16-18,20-21,26-30,32-34,36-40,46H,15,19,22-25H2,1-14H3,(H,47,53)(H,48,54)(H,57,58)/t29-,30+,32-,33-,34+,36-,37-,38-,39-,40+/m0/s1. The summed E-state index contributed by atoms with van der Waals surface area (Å²) in [4.78, 5) is 86.8. The van der Waals surface area contributed by atoms with Crippen LogP contribution >= 0.6 is 0 Å². The molecule has 1 saturated heterocycles. The average Bonchev–Trinajstić information content (AvgIpc) is 3.69. The summed E-state index contributed by atoms with van der Waals surface area (Å²) < 4.78 is 11.9. The molecule has 15 nitrogen and oxygen atoms in total. The zero-order valence-corrected chi connectivity index (χ0v) is 38.7. The van der Waals surface area contributed by atoms with Crippen molar-refractivity contribution in [1.82, 2.24) is 30.7 Å². The molecule has 0 bridgehead atoms. The van der Waals surface area contributed by atoms with E-state index in [2.05, 4.69) is 16.0 Å². The molecule has 0 spiro atoms. The van der Waals surface area contributed by atoms with E-state index in [0.717, 1.165) is 5.56 Å². The molecule has 1 fully saturated rings. The predicted molar refractivity (Wildman–Crippen MR) is 232 cm³/mol. The summed E-state index contributed by atoms with van der Waals surface area (Å²) in [7, 11) is 8.01. The van der Waals surface area contributed by atoms with Crippen LogP contribution in [0.3, 0.4) is 0 Å². The van der Waals surface area contributed by atoms with Crippen LogP contribution in [-0.2, 0) is 44.7 Å². The summed E-state index contributed by atoms with van der Waals surface area (Å²) in [6.45, 7) is 17.4. The molecule has 0 radical (unpaired) electrons. The number of likely N-dealkylation sites (tertiary alicyclic amines) is 1. The first kappa shape index (κ1) is 52.1. The number of likely N-dealkylation sites (N-methyl/N-ethyl adjacent to an activating group) is 3. The number of nitrogens with zero attached hydrogens (tertiary/aromatic N) is 3. The highest BCUT2D eigenvalue weighted by molar-refractivity contribution is 5.93. The van der Waals surface area contributed by atoms with Crippen molar-refractivity contribution in [3.63, 3.8) is 0 Å². The van der Waals surface area contributed by atoms with E-state index in [4.69, 9.17) is 9.47 Å². The number of rotatable bonds is 24. The van der Waals surface area contributed by atoms with E-state index in [1.807, 2.05) is 73.6 Å². The maximum absolute atomic E-state index is 14.5. The topological polar surface area (TPSA) is 187 Å². The second-order valence-corrected chi connectivity index (χ2v) is 17.6. The predicted octanol–water partition coefficient (Wildman–Crippen LogP) is 3.59. The van der Waals surface area contributed by atoms with Crippen LogP contribution in [0.1, 0.15) is 93.6 Å².